The second-order valence-corrected chi connectivity index (χ2v) is 19.8. The van der Waals surface area contributed by atoms with Gasteiger partial charge in [-0.1, -0.05) is 50.2 Å². The van der Waals surface area contributed by atoms with E-state index in [0.29, 0.717) is 32.9 Å². The number of hydrogen-bond acceptors (Lipinski definition) is 15. The lowest BCUT2D eigenvalue weighted by atomic mass is 9.99. The van der Waals surface area contributed by atoms with Crippen LogP contribution in [0.25, 0.3) is 21.8 Å². The Labute approximate surface area is 462 Å². The highest BCUT2D eigenvalue weighted by Gasteiger charge is 2.37. The molecule has 29 heteroatoms. The fourth-order valence-electron chi connectivity index (χ4n) is 8.41. The maximum Gasteiger partial charge on any atom is 0.326 e. The first-order chi connectivity index (χ1) is 38.2. The van der Waals surface area contributed by atoms with Crippen molar-refractivity contribution in [1.82, 2.24) is 52.5 Å². The van der Waals surface area contributed by atoms with Crippen molar-refractivity contribution >= 4 is 92.9 Å². The van der Waals surface area contributed by atoms with E-state index in [1.165, 1.54) is 6.92 Å². The van der Waals surface area contributed by atoms with Crippen LogP contribution in [0.4, 0.5) is 0 Å². The number of carboxylic acid groups (broad SMARTS) is 3. The van der Waals surface area contributed by atoms with Crippen molar-refractivity contribution in [2.75, 3.05) is 6.61 Å². The number of carboxylic acids is 3. The first-order valence-electron chi connectivity index (χ1n) is 25.7. The average molecular weight is 1140 g/mol. The van der Waals surface area contributed by atoms with Crippen LogP contribution >= 0.6 is 0 Å². The molecule has 4 rings (SSSR count). The zero-order chi connectivity index (χ0) is 60.2. The number of fused-ring (bicyclic) bond motifs is 2. The Morgan fingerprint density at radius 1 is 0.506 bits per heavy atom. The van der Waals surface area contributed by atoms with E-state index < -0.39 is 170 Å². The van der Waals surface area contributed by atoms with E-state index >= 15 is 0 Å². The normalized spacial score (nSPS) is 15.0. The molecule has 0 bridgehead atoms. The summed E-state index contributed by atoms with van der Waals surface area (Å²) in [6.07, 6.45) is -2.42. The number of primary amides is 1. The Hall–Kier alpha value is -8.96. The molecule has 2 aromatic carbocycles. The van der Waals surface area contributed by atoms with Crippen LogP contribution in [0.1, 0.15) is 77.3 Å². The number of amides is 9. The van der Waals surface area contributed by atoms with Crippen LogP contribution in [0.3, 0.4) is 0 Å². The van der Waals surface area contributed by atoms with Gasteiger partial charge in [0.15, 0.2) is 0 Å². The molecule has 10 unspecified atom stereocenters. The monoisotopic (exact) mass is 1130 g/mol. The Kier molecular flexibility index (Phi) is 24.2. The Morgan fingerprint density at radius 2 is 0.926 bits per heavy atom. The number of nitrogens with one attached hydrogen (secondary N) is 10. The second kappa shape index (κ2) is 30.4. The van der Waals surface area contributed by atoms with Crippen LogP contribution in [0, 0.1) is 5.92 Å². The maximum absolute atomic E-state index is 14.6. The lowest BCUT2D eigenvalue weighted by molar-refractivity contribution is -0.144. The molecule has 2 heterocycles. The van der Waals surface area contributed by atoms with Crippen molar-refractivity contribution < 1.29 is 83.1 Å². The molecule has 0 aliphatic carbocycles. The molecule has 9 amide bonds. The van der Waals surface area contributed by atoms with Gasteiger partial charge in [0.1, 0.15) is 48.3 Å². The summed E-state index contributed by atoms with van der Waals surface area (Å²) in [5.41, 5.74) is 13.3. The summed E-state index contributed by atoms with van der Waals surface area (Å²) in [5.74, 6) is -14.4. The largest absolute Gasteiger partial charge is 0.481 e. The molecule has 0 fully saturated rings. The highest BCUT2D eigenvalue weighted by atomic mass is 16.4. The highest BCUT2D eigenvalue weighted by molar-refractivity contribution is 5.99. The molecule has 0 radical (unpaired) electrons. The van der Waals surface area contributed by atoms with Crippen LogP contribution < -0.4 is 54.0 Å². The third kappa shape index (κ3) is 19.7. The number of aromatic amines is 2. The summed E-state index contributed by atoms with van der Waals surface area (Å²) in [6, 6.07) is -0.956. The number of rotatable bonds is 33. The first-order valence-corrected chi connectivity index (χ1v) is 25.7. The third-order valence-corrected chi connectivity index (χ3v) is 12.7. The van der Waals surface area contributed by atoms with Gasteiger partial charge in [-0.25, -0.2) is 4.79 Å². The number of aliphatic carboxylic acids is 3. The quantitative estimate of drug-likeness (QED) is 0.0223. The standard InChI is InChI=1S/C52H70N12O17/c1-24(2)17-35(46(74)57-33(13-15-40(54)67)45(73)64-43(26(4)66)51(79)58-34(52(80)81)14-16-41(68)69)60-47(75)36(18-27-21-55-31-11-7-5-9-29(27)31)62-50(78)39(23-65)63-48(76)37(19-28-22-56-32-12-8-6-10-30(28)32)61-49(77)38(20-42(70)71)59-44(72)25(3)53/h5-12,21-22,24-26,33-39,43,55-56,65-66H,13-20,23,53H2,1-4H3,(H2,54,67)(H,57,74)(H,58,79)(H,59,72)(H,60,75)(H,61,77)(H,62,78)(H,63,76)(H,64,73)(H,68,69)(H,70,71)(H,80,81). The van der Waals surface area contributed by atoms with Crippen molar-refractivity contribution in [2.45, 2.75) is 140 Å². The third-order valence-electron chi connectivity index (χ3n) is 12.7. The average Bonchev–Trinajstić information content (AvgIpc) is 4.05. The molecule has 0 saturated carbocycles. The summed E-state index contributed by atoms with van der Waals surface area (Å²) < 4.78 is 0. The number of aliphatic hydroxyl groups excluding tert-OH is 2. The van der Waals surface area contributed by atoms with Gasteiger partial charge in [0.2, 0.25) is 53.2 Å². The van der Waals surface area contributed by atoms with Crippen LogP contribution in [-0.2, 0) is 70.4 Å². The zero-order valence-electron chi connectivity index (χ0n) is 44.8. The molecule has 81 heavy (non-hydrogen) atoms. The van der Waals surface area contributed by atoms with Gasteiger partial charge < -0.3 is 89.5 Å². The number of H-pyrrole nitrogens is 2. The maximum atomic E-state index is 14.6. The van der Waals surface area contributed by atoms with Crippen molar-refractivity contribution in [3.05, 3.63) is 72.1 Å². The Balaban J connectivity index is 1.65. The number of aliphatic hydroxyl groups is 2. The van der Waals surface area contributed by atoms with Gasteiger partial charge in [-0.15, -0.1) is 0 Å². The molecule has 19 N–H and O–H groups in total. The molecule has 0 saturated heterocycles. The molecule has 2 aromatic heterocycles. The van der Waals surface area contributed by atoms with Gasteiger partial charge in [0, 0.05) is 59.9 Å². The van der Waals surface area contributed by atoms with Crippen molar-refractivity contribution in [1.29, 1.82) is 0 Å². The van der Waals surface area contributed by atoms with Crippen molar-refractivity contribution in [2.24, 2.45) is 17.4 Å². The Morgan fingerprint density at radius 3 is 1.38 bits per heavy atom. The number of aromatic nitrogens is 2. The molecule has 0 aliphatic heterocycles. The molecule has 440 valence electrons. The predicted molar refractivity (Wildman–Crippen MR) is 287 cm³/mol. The smallest absolute Gasteiger partial charge is 0.326 e. The van der Waals surface area contributed by atoms with Crippen LogP contribution in [0.2, 0.25) is 0 Å². The number of carbonyl (C=O) groups is 12. The van der Waals surface area contributed by atoms with E-state index in [4.69, 9.17) is 16.6 Å². The summed E-state index contributed by atoms with van der Waals surface area (Å²) in [4.78, 5) is 164. The molecule has 4 aromatic rings. The van der Waals surface area contributed by atoms with Crippen LogP contribution in [0.5, 0.6) is 0 Å². The number of benzene rings is 2. The minimum atomic E-state index is -1.88. The predicted octanol–water partition coefficient (Wildman–Crippen LogP) is -3.23. The fraction of sp³-hybridized carbons (Fsp3) is 0.462. The van der Waals surface area contributed by atoms with Gasteiger partial charge in [-0.2, -0.15) is 0 Å². The van der Waals surface area contributed by atoms with E-state index in [1.54, 1.807) is 74.8 Å². The van der Waals surface area contributed by atoms with Crippen LogP contribution in [-0.4, -0.2) is 174 Å². The van der Waals surface area contributed by atoms with Gasteiger partial charge >= 0.3 is 17.9 Å². The van der Waals surface area contributed by atoms with Crippen molar-refractivity contribution in [3.8, 4) is 0 Å². The van der Waals surface area contributed by atoms with E-state index in [2.05, 4.69) is 52.5 Å². The van der Waals surface area contributed by atoms with Gasteiger partial charge in [0.25, 0.3) is 0 Å². The number of hydrogen-bond donors (Lipinski definition) is 17. The summed E-state index contributed by atoms with van der Waals surface area (Å²) in [7, 11) is 0. The molecule has 29 nitrogen and oxygen atoms in total. The lowest BCUT2D eigenvalue weighted by Gasteiger charge is -2.28. The van der Waals surface area contributed by atoms with E-state index in [9.17, 15) is 78.0 Å². The molecule has 0 spiro atoms. The van der Waals surface area contributed by atoms with E-state index in [0.717, 1.165) is 6.92 Å². The number of carbonyl (C=O) groups excluding carboxylic acids is 9. The second-order valence-electron chi connectivity index (χ2n) is 19.8. The minimum Gasteiger partial charge on any atom is -0.481 e. The lowest BCUT2D eigenvalue weighted by Crippen LogP contribution is -2.62. The van der Waals surface area contributed by atoms with E-state index in [-0.39, 0.29) is 25.2 Å². The van der Waals surface area contributed by atoms with E-state index in [1.807, 2.05) is 0 Å². The molecular weight excluding hydrogens is 1060 g/mol. The van der Waals surface area contributed by atoms with Crippen molar-refractivity contribution in [3.63, 3.8) is 0 Å². The Bertz CT molecular complexity index is 2940. The number of nitrogens with two attached hydrogens (primary N) is 2. The molecular formula is C52H70N12O17. The topological polar surface area (TPSA) is 486 Å². The summed E-state index contributed by atoms with van der Waals surface area (Å²) in [6.45, 7) is 4.66. The van der Waals surface area contributed by atoms with Gasteiger partial charge in [0.05, 0.1) is 25.2 Å². The summed E-state index contributed by atoms with van der Waals surface area (Å²) in [5, 5.41) is 69.5. The minimum absolute atomic E-state index is 0.123. The van der Waals surface area contributed by atoms with Gasteiger partial charge in [-0.05, 0) is 62.3 Å². The number of para-hydroxylation sites is 2. The summed E-state index contributed by atoms with van der Waals surface area (Å²) >= 11 is 0. The van der Waals surface area contributed by atoms with Gasteiger partial charge in [-0.3, -0.25) is 52.7 Å². The fourth-order valence-corrected chi connectivity index (χ4v) is 8.41. The van der Waals surface area contributed by atoms with Crippen LogP contribution in [0.15, 0.2) is 60.9 Å². The molecule has 0 aliphatic rings. The zero-order valence-corrected chi connectivity index (χ0v) is 44.8. The SMILES string of the molecule is CC(C)CC(NC(=O)C(Cc1c[nH]c2ccccc12)NC(=O)C(CO)NC(=O)C(Cc1c[nH]c2ccccc12)NC(=O)C(CC(=O)O)NC(=O)C(C)N)C(=O)NC(CCC(N)=O)C(=O)NC(C(=O)NC(CCC(=O)O)C(=O)O)C(C)O. The first kappa shape index (κ1) is 64.6. The molecule has 10 atom stereocenters. The highest BCUT2D eigenvalue weighted by Crippen LogP contribution is 2.21.